The number of nitrogens with one attached hydrogen (secondary N) is 3. The number of aromatic nitrogens is 1. The molecule has 0 aliphatic heterocycles. The van der Waals surface area contributed by atoms with Crippen LogP contribution in [0.15, 0.2) is 24.4 Å². The number of hydrogen-bond donors (Lipinski definition) is 4. The van der Waals surface area contributed by atoms with E-state index in [9.17, 15) is 19.5 Å². The quantitative estimate of drug-likeness (QED) is 0.194. The van der Waals surface area contributed by atoms with E-state index in [0.717, 1.165) is 17.1 Å². The Balaban J connectivity index is 2.08. The molecule has 0 saturated heterocycles. The standard InChI is InChI=1S/C20H23ClN4O5/c1-11(2)30-20(29)17(6-4-14(26)10-24-22)25-19(28)18(27)7-12-9-23-16-5-3-13(21)8-15(12)16/h3,5,8-11,17-18,22-23,27H,4,6-7H2,1-2H3/p+1/t17-,18-/m0/s1. The van der Waals surface area contributed by atoms with Crippen molar-refractivity contribution in [1.82, 2.24) is 10.3 Å². The van der Waals surface area contributed by atoms with E-state index in [-0.39, 0.29) is 19.3 Å². The molecular formula is C20H24ClN4O5+. The average Bonchev–Trinajstić information content (AvgIpc) is 3.06. The largest absolute Gasteiger partial charge is 0.461 e. The number of benzene rings is 1. The highest BCUT2D eigenvalue weighted by Gasteiger charge is 2.27. The number of nitrogens with zero attached hydrogens (tertiary/aromatic N) is 1. The number of rotatable bonds is 10. The van der Waals surface area contributed by atoms with E-state index in [1.165, 1.54) is 0 Å². The number of aliphatic hydroxyl groups excluding tert-OH is 1. The number of hydrogen-bond acceptors (Lipinski definition) is 6. The number of H-pyrrole nitrogens is 1. The van der Waals surface area contributed by atoms with Crippen molar-refractivity contribution in [2.24, 2.45) is 0 Å². The number of amides is 1. The highest BCUT2D eigenvalue weighted by molar-refractivity contribution is 6.31. The maximum atomic E-state index is 12.5. The lowest BCUT2D eigenvalue weighted by Crippen LogP contribution is -2.47. The molecule has 2 aromatic rings. The van der Waals surface area contributed by atoms with Crippen molar-refractivity contribution in [2.75, 3.05) is 0 Å². The molecule has 1 heterocycles. The lowest BCUT2D eigenvalue weighted by atomic mass is 10.0. The van der Waals surface area contributed by atoms with Crippen LogP contribution >= 0.6 is 11.6 Å². The Morgan fingerprint density at radius 2 is 2.10 bits per heavy atom. The summed E-state index contributed by atoms with van der Waals surface area (Å²) in [6, 6.07) is 4.14. The normalized spacial score (nSPS) is 12.8. The third-order valence-electron chi connectivity index (χ3n) is 4.29. The summed E-state index contributed by atoms with van der Waals surface area (Å²) in [6.07, 6.45) is 0.508. The van der Waals surface area contributed by atoms with Crippen LogP contribution in [0.4, 0.5) is 0 Å². The van der Waals surface area contributed by atoms with Gasteiger partial charge >= 0.3 is 12.2 Å². The van der Waals surface area contributed by atoms with Gasteiger partial charge < -0.3 is 20.1 Å². The Bertz CT molecular complexity index is 981. The molecular weight excluding hydrogens is 412 g/mol. The molecule has 10 heteroatoms. The fraction of sp³-hybridized carbons (Fsp3) is 0.400. The monoisotopic (exact) mass is 435 g/mol. The van der Waals surface area contributed by atoms with Gasteiger partial charge in [-0.15, -0.1) is 0 Å². The maximum absolute atomic E-state index is 12.5. The fourth-order valence-electron chi connectivity index (χ4n) is 2.87. The second-order valence-corrected chi connectivity index (χ2v) is 7.47. The van der Waals surface area contributed by atoms with Crippen molar-refractivity contribution in [1.29, 1.82) is 5.53 Å². The van der Waals surface area contributed by atoms with Gasteiger partial charge in [-0.3, -0.25) is 9.59 Å². The van der Waals surface area contributed by atoms with Gasteiger partial charge in [0, 0.05) is 35.0 Å². The Morgan fingerprint density at radius 3 is 2.77 bits per heavy atom. The molecule has 0 spiro atoms. The summed E-state index contributed by atoms with van der Waals surface area (Å²) in [5.41, 5.74) is 8.18. The third kappa shape index (κ3) is 6.52. The Morgan fingerprint density at radius 1 is 1.37 bits per heavy atom. The number of carbonyl (C=O) groups excluding carboxylic acids is 3. The number of esters is 1. The van der Waals surface area contributed by atoms with Crippen LogP contribution in [0.25, 0.3) is 10.9 Å². The van der Waals surface area contributed by atoms with Crippen LogP contribution in [0.5, 0.6) is 0 Å². The van der Waals surface area contributed by atoms with Gasteiger partial charge in [-0.1, -0.05) is 11.6 Å². The average molecular weight is 436 g/mol. The minimum atomic E-state index is -1.43. The fourth-order valence-corrected chi connectivity index (χ4v) is 3.05. The van der Waals surface area contributed by atoms with Crippen molar-refractivity contribution in [3.05, 3.63) is 35.0 Å². The highest BCUT2D eigenvalue weighted by Crippen LogP contribution is 2.23. The molecule has 0 bridgehead atoms. The molecule has 9 nitrogen and oxygen atoms in total. The van der Waals surface area contributed by atoms with E-state index in [1.807, 2.05) is 0 Å². The summed E-state index contributed by atoms with van der Waals surface area (Å²) in [4.78, 5) is 42.3. The number of carbonyl (C=O) groups is 3. The van der Waals surface area contributed by atoms with E-state index in [2.05, 4.69) is 15.1 Å². The first-order valence-corrected chi connectivity index (χ1v) is 9.76. The molecule has 0 saturated carbocycles. The van der Waals surface area contributed by atoms with Gasteiger partial charge in [0.15, 0.2) is 0 Å². The zero-order valence-electron chi connectivity index (χ0n) is 16.6. The van der Waals surface area contributed by atoms with Gasteiger partial charge in [-0.05, 0) is 44.0 Å². The molecule has 0 unspecified atom stereocenters. The lowest BCUT2D eigenvalue weighted by Gasteiger charge is -2.20. The van der Waals surface area contributed by atoms with E-state index in [0.29, 0.717) is 10.6 Å². The summed E-state index contributed by atoms with van der Waals surface area (Å²) in [7, 11) is 0. The first kappa shape index (κ1) is 23.3. The van der Waals surface area contributed by atoms with Crippen molar-refractivity contribution in [3.8, 4) is 0 Å². The molecule has 1 amide bonds. The zero-order chi connectivity index (χ0) is 22.3. The van der Waals surface area contributed by atoms with E-state index in [1.54, 1.807) is 38.2 Å². The number of halogens is 1. The molecule has 1 aromatic carbocycles. The Kier molecular flexibility index (Phi) is 8.29. The summed E-state index contributed by atoms with van der Waals surface area (Å²) in [5, 5.41) is 14.1. The van der Waals surface area contributed by atoms with Gasteiger partial charge in [0.05, 0.1) is 16.4 Å². The highest BCUT2D eigenvalue weighted by atomic mass is 35.5. The molecule has 0 aliphatic carbocycles. The third-order valence-corrected chi connectivity index (χ3v) is 4.52. The number of ketones is 1. The predicted octanol–water partition coefficient (Wildman–Crippen LogP) is 1.82. The predicted molar refractivity (Wildman–Crippen MR) is 109 cm³/mol. The molecule has 160 valence electrons. The summed E-state index contributed by atoms with van der Waals surface area (Å²) < 4.78 is 5.13. The number of aliphatic hydroxyl groups is 1. The van der Waals surface area contributed by atoms with Gasteiger partial charge in [0.25, 0.3) is 0 Å². The summed E-state index contributed by atoms with van der Waals surface area (Å²) in [6.45, 7) is 3.32. The molecule has 0 fully saturated rings. The van der Waals surface area contributed by atoms with Crippen molar-refractivity contribution in [2.45, 2.75) is 51.4 Å². The second-order valence-electron chi connectivity index (χ2n) is 7.03. The van der Waals surface area contributed by atoms with Crippen LogP contribution in [0, 0.1) is 5.53 Å². The Hall–Kier alpha value is -3.00. The molecule has 2 atom stereocenters. The Labute approximate surface area is 178 Å². The van der Waals surface area contributed by atoms with Crippen LogP contribution in [0.2, 0.25) is 5.02 Å². The number of aromatic amines is 1. The molecule has 0 radical (unpaired) electrons. The van der Waals surface area contributed by atoms with Crippen molar-refractivity contribution >= 4 is 46.4 Å². The van der Waals surface area contributed by atoms with E-state index >= 15 is 0 Å². The van der Waals surface area contributed by atoms with Crippen LogP contribution < -0.4 is 5.32 Å². The van der Waals surface area contributed by atoms with Crippen LogP contribution in [-0.2, 0) is 25.5 Å². The minimum absolute atomic E-state index is 0.00253. The first-order valence-electron chi connectivity index (χ1n) is 9.38. The maximum Gasteiger partial charge on any atom is 0.372 e. The van der Waals surface area contributed by atoms with E-state index in [4.69, 9.17) is 21.9 Å². The van der Waals surface area contributed by atoms with Crippen LogP contribution in [-0.4, -0.2) is 57.0 Å². The van der Waals surface area contributed by atoms with Gasteiger partial charge in [-0.25, -0.2) is 4.79 Å². The summed E-state index contributed by atoms with van der Waals surface area (Å²) in [5.74, 6) is -1.93. The SMILES string of the molecule is CC(C)OC(=O)[C@H](CCC(=O)C=[N+]=N)NC(=O)[C@@H](O)Cc1c[nH]c2ccc(Cl)cc12. The van der Waals surface area contributed by atoms with Gasteiger partial charge in [-0.2, -0.15) is 0 Å². The zero-order valence-corrected chi connectivity index (χ0v) is 17.4. The molecule has 30 heavy (non-hydrogen) atoms. The molecule has 0 aliphatic rings. The number of ether oxygens (including phenoxy) is 1. The van der Waals surface area contributed by atoms with E-state index < -0.39 is 35.9 Å². The van der Waals surface area contributed by atoms with Crippen molar-refractivity contribution in [3.63, 3.8) is 0 Å². The summed E-state index contributed by atoms with van der Waals surface area (Å²) >= 11 is 6.02. The van der Waals surface area contributed by atoms with Crippen LogP contribution in [0.3, 0.4) is 0 Å². The second kappa shape index (κ2) is 10.7. The smallest absolute Gasteiger partial charge is 0.372 e. The molecule has 4 N–H and O–H groups in total. The minimum Gasteiger partial charge on any atom is -0.461 e. The number of Topliss-reactive ketones (excluding diaryl/α,β-unsaturated/α-hetero) is 1. The lowest BCUT2D eigenvalue weighted by molar-refractivity contribution is -0.152. The van der Waals surface area contributed by atoms with Gasteiger partial charge in [0.1, 0.15) is 12.1 Å². The van der Waals surface area contributed by atoms with Crippen molar-refractivity contribution < 1.29 is 29.0 Å². The first-order chi connectivity index (χ1) is 14.2. The molecule has 2 rings (SSSR count). The topological polar surface area (TPSA) is 146 Å². The number of fused-ring (bicyclic) bond motifs is 1. The van der Waals surface area contributed by atoms with Crippen LogP contribution in [0.1, 0.15) is 32.3 Å². The molecule has 1 aromatic heterocycles. The van der Waals surface area contributed by atoms with Gasteiger partial charge in [0.2, 0.25) is 11.7 Å².